The molecule has 0 fully saturated rings. The van der Waals surface area contributed by atoms with Crippen LogP contribution in [-0.4, -0.2) is 11.2 Å². The number of carbonyl (C=O) groups is 1. The fourth-order valence-electron chi connectivity index (χ4n) is 1.05. The number of nitrogens with one attached hydrogen (secondary N) is 1. The van der Waals surface area contributed by atoms with E-state index >= 15 is 0 Å². The topological polar surface area (TPSA) is 29.1 Å². The smallest absolute Gasteiger partial charge is 0.235 e. The quantitative estimate of drug-likeness (QED) is 0.607. The minimum Gasteiger partial charge on any atom is -0.325 e. The lowest BCUT2D eigenvalue weighted by Crippen LogP contribution is -2.12. The summed E-state index contributed by atoms with van der Waals surface area (Å²) in [6, 6.07) is 7.71. The minimum atomic E-state index is -0.0272. The van der Waals surface area contributed by atoms with Gasteiger partial charge in [0.05, 0.1) is 5.33 Å². The van der Waals surface area contributed by atoms with Crippen molar-refractivity contribution in [1.82, 2.24) is 0 Å². The Kier molecular flexibility index (Phi) is 15.5. The summed E-state index contributed by atoms with van der Waals surface area (Å²) < 4.78 is 0. The predicted octanol–water partition coefficient (Wildman–Crippen LogP) is 5.10. The first-order chi connectivity index (χ1) is 9.13. The van der Waals surface area contributed by atoms with Crippen LogP contribution in [0.1, 0.15) is 26.3 Å². The molecule has 1 amide bonds. The lowest BCUT2D eigenvalue weighted by Gasteiger charge is -2.02. The standard InChI is InChI=1S/C9H10BrNO.C5H8.C2H6/c1-7-3-2-4-8(5-7)11-9(12)6-10;1-3-5-4-2;1-2/h2-5H,6H2,1H3,(H,11,12);3-5H,1H2,2H3;1-2H3/b;5-4-;. The van der Waals surface area contributed by atoms with Gasteiger partial charge in [-0.05, 0) is 31.5 Å². The Morgan fingerprint density at radius 2 is 2.05 bits per heavy atom. The first kappa shape index (κ1) is 20.0. The largest absolute Gasteiger partial charge is 0.325 e. The zero-order valence-corrected chi connectivity index (χ0v) is 13.8. The van der Waals surface area contributed by atoms with Crippen LogP contribution in [0.15, 0.2) is 49.1 Å². The van der Waals surface area contributed by atoms with Gasteiger partial charge in [-0.15, -0.1) is 0 Å². The van der Waals surface area contributed by atoms with Crippen molar-refractivity contribution in [2.24, 2.45) is 0 Å². The van der Waals surface area contributed by atoms with Gasteiger partial charge in [-0.25, -0.2) is 0 Å². The summed E-state index contributed by atoms with van der Waals surface area (Å²) in [5.74, 6) is -0.0272. The van der Waals surface area contributed by atoms with Gasteiger partial charge in [0.1, 0.15) is 0 Å². The van der Waals surface area contributed by atoms with Crippen LogP contribution in [0.5, 0.6) is 0 Å². The Morgan fingerprint density at radius 3 is 2.42 bits per heavy atom. The molecule has 0 aliphatic carbocycles. The van der Waals surface area contributed by atoms with Gasteiger partial charge in [-0.2, -0.15) is 0 Å². The maximum atomic E-state index is 10.9. The molecule has 1 aromatic carbocycles. The average molecular weight is 326 g/mol. The maximum Gasteiger partial charge on any atom is 0.235 e. The van der Waals surface area contributed by atoms with Crippen molar-refractivity contribution in [2.45, 2.75) is 27.7 Å². The number of hydrogen-bond donors (Lipinski definition) is 1. The Hall–Kier alpha value is -1.35. The normalized spacial score (nSPS) is 8.68. The first-order valence-electron chi connectivity index (χ1n) is 6.30. The minimum absolute atomic E-state index is 0.0272. The van der Waals surface area contributed by atoms with Crippen molar-refractivity contribution in [2.75, 3.05) is 10.6 Å². The predicted molar refractivity (Wildman–Crippen MR) is 90.0 cm³/mol. The number of allylic oxidation sites excluding steroid dienone is 3. The number of hydrogen-bond acceptors (Lipinski definition) is 1. The lowest BCUT2D eigenvalue weighted by molar-refractivity contribution is -0.113. The molecule has 1 N–H and O–H groups in total. The zero-order chi connectivity index (χ0) is 15.1. The SMILES string of the molecule is C=C/C=C\C.CC.Cc1cccc(NC(=O)CBr)c1. The van der Waals surface area contributed by atoms with Gasteiger partial charge in [-0.1, -0.05) is 66.7 Å². The third-order valence-electron chi connectivity index (χ3n) is 1.75. The summed E-state index contributed by atoms with van der Waals surface area (Å²) in [5.41, 5.74) is 1.99. The molecule has 1 rings (SSSR count). The van der Waals surface area contributed by atoms with Crippen molar-refractivity contribution in [3.05, 3.63) is 54.6 Å². The van der Waals surface area contributed by atoms with Crippen molar-refractivity contribution in [3.63, 3.8) is 0 Å². The summed E-state index contributed by atoms with van der Waals surface area (Å²) in [4.78, 5) is 10.9. The number of anilines is 1. The summed E-state index contributed by atoms with van der Waals surface area (Å²) in [6.45, 7) is 11.4. The van der Waals surface area contributed by atoms with Gasteiger partial charge in [-0.3, -0.25) is 4.79 Å². The molecule has 0 heterocycles. The van der Waals surface area contributed by atoms with Gasteiger partial charge in [0.15, 0.2) is 0 Å². The van der Waals surface area contributed by atoms with E-state index in [2.05, 4.69) is 27.8 Å². The molecule has 0 unspecified atom stereocenters. The van der Waals surface area contributed by atoms with Crippen molar-refractivity contribution < 1.29 is 4.79 Å². The van der Waals surface area contributed by atoms with Crippen LogP contribution < -0.4 is 5.32 Å². The molecular formula is C16H24BrNO. The zero-order valence-electron chi connectivity index (χ0n) is 12.2. The van der Waals surface area contributed by atoms with E-state index < -0.39 is 0 Å². The molecule has 19 heavy (non-hydrogen) atoms. The highest BCUT2D eigenvalue weighted by Gasteiger charge is 1.98. The second kappa shape index (κ2) is 14.7. The van der Waals surface area contributed by atoms with Crippen LogP contribution in [0.25, 0.3) is 0 Å². The highest BCUT2D eigenvalue weighted by atomic mass is 79.9. The second-order valence-corrected chi connectivity index (χ2v) is 3.87. The van der Waals surface area contributed by atoms with E-state index in [9.17, 15) is 4.79 Å². The van der Waals surface area contributed by atoms with Crippen LogP contribution >= 0.6 is 15.9 Å². The van der Waals surface area contributed by atoms with Gasteiger partial charge in [0.25, 0.3) is 0 Å². The molecule has 3 heteroatoms. The molecule has 0 aliphatic heterocycles. The molecule has 0 saturated carbocycles. The molecular weight excluding hydrogens is 302 g/mol. The fraction of sp³-hybridized carbons (Fsp3) is 0.312. The van der Waals surface area contributed by atoms with E-state index in [1.54, 1.807) is 6.08 Å². The van der Waals surface area contributed by atoms with E-state index in [1.165, 1.54) is 0 Å². The fourth-order valence-corrected chi connectivity index (χ4v) is 1.19. The molecule has 0 saturated heterocycles. The monoisotopic (exact) mass is 325 g/mol. The number of aryl methyl sites for hydroxylation is 1. The van der Waals surface area contributed by atoms with Gasteiger partial charge < -0.3 is 5.32 Å². The molecule has 106 valence electrons. The van der Waals surface area contributed by atoms with Crippen molar-refractivity contribution in [3.8, 4) is 0 Å². The number of halogens is 1. The second-order valence-electron chi connectivity index (χ2n) is 3.31. The number of rotatable bonds is 3. The van der Waals surface area contributed by atoms with Crippen molar-refractivity contribution in [1.29, 1.82) is 0 Å². The van der Waals surface area contributed by atoms with Gasteiger partial charge in [0.2, 0.25) is 5.91 Å². The van der Waals surface area contributed by atoms with Crippen LogP contribution in [0.3, 0.4) is 0 Å². The van der Waals surface area contributed by atoms with E-state index in [0.717, 1.165) is 11.3 Å². The van der Waals surface area contributed by atoms with E-state index in [4.69, 9.17) is 0 Å². The maximum absolute atomic E-state index is 10.9. The molecule has 0 bridgehead atoms. The van der Waals surface area contributed by atoms with Crippen molar-refractivity contribution >= 4 is 27.5 Å². The third-order valence-corrected chi connectivity index (χ3v) is 2.26. The first-order valence-corrected chi connectivity index (χ1v) is 7.42. The highest BCUT2D eigenvalue weighted by Crippen LogP contribution is 2.09. The van der Waals surface area contributed by atoms with Gasteiger partial charge in [0, 0.05) is 5.69 Å². The van der Waals surface area contributed by atoms with Crippen LogP contribution in [0.2, 0.25) is 0 Å². The molecule has 0 aromatic heterocycles. The van der Waals surface area contributed by atoms with Gasteiger partial charge >= 0.3 is 0 Å². The van der Waals surface area contributed by atoms with Crippen LogP contribution in [-0.2, 0) is 4.79 Å². The summed E-state index contributed by atoms with van der Waals surface area (Å²) in [6.07, 6.45) is 5.58. The van der Waals surface area contributed by atoms with E-state index in [1.807, 2.05) is 64.1 Å². The molecule has 1 aromatic rings. The summed E-state index contributed by atoms with van der Waals surface area (Å²) in [5, 5.41) is 3.08. The molecule has 0 spiro atoms. The Bertz CT molecular complexity index is 386. The Morgan fingerprint density at radius 1 is 1.42 bits per heavy atom. The molecule has 0 radical (unpaired) electrons. The van der Waals surface area contributed by atoms with E-state index in [0.29, 0.717) is 5.33 Å². The van der Waals surface area contributed by atoms with E-state index in [-0.39, 0.29) is 5.91 Å². The Balaban J connectivity index is 0. The molecule has 0 atom stereocenters. The number of carbonyl (C=O) groups excluding carboxylic acids is 1. The Labute approximate surface area is 125 Å². The highest BCUT2D eigenvalue weighted by molar-refractivity contribution is 9.09. The third kappa shape index (κ3) is 12.9. The molecule has 0 aliphatic rings. The number of benzene rings is 1. The summed E-state index contributed by atoms with van der Waals surface area (Å²) >= 11 is 3.08. The number of alkyl halides is 1. The lowest BCUT2D eigenvalue weighted by atomic mass is 10.2. The number of amides is 1. The summed E-state index contributed by atoms with van der Waals surface area (Å²) in [7, 11) is 0. The molecule has 2 nitrogen and oxygen atoms in total. The van der Waals surface area contributed by atoms with Crippen LogP contribution in [0.4, 0.5) is 5.69 Å². The average Bonchev–Trinajstić information content (AvgIpc) is 2.42. The van der Waals surface area contributed by atoms with Crippen LogP contribution in [0, 0.1) is 6.92 Å².